The summed E-state index contributed by atoms with van der Waals surface area (Å²) in [6.07, 6.45) is 0. The first-order valence-electron chi connectivity index (χ1n) is 7.61. The van der Waals surface area contributed by atoms with Gasteiger partial charge in [-0.3, -0.25) is 4.79 Å². The van der Waals surface area contributed by atoms with Crippen LogP contribution in [0.2, 0.25) is 10.0 Å². The lowest BCUT2D eigenvalue weighted by Gasteiger charge is -2.16. The van der Waals surface area contributed by atoms with Gasteiger partial charge in [-0.25, -0.2) is 8.42 Å². The van der Waals surface area contributed by atoms with E-state index in [1.165, 1.54) is 32.2 Å². The van der Waals surface area contributed by atoms with E-state index in [0.717, 1.165) is 5.56 Å². The fourth-order valence-corrected chi connectivity index (χ4v) is 3.92. The van der Waals surface area contributed by atoms with Gasteiger partial charge in [-0.15, -0.1) is 0 Å². The van der Waals surface area contributed by atoms with Gasteiger partial charge in [-0.1, -0.05) is 35.3 Å². The summed E-state index contributed by atoms with van der Waals surface area (Å²) in [6, 6.07) is 10.2. The van der Waals surface area contributed by atoms with Crippen LogP contribution in [0.25, 0.3) is 0 Å². The maximum Gasteiger partial charge on any atom is 0.245 e. The Labute approximate surface area is 162 Å². The molecule has 0 unspecified atom stereocenters. The maximum atomic E-state index is 12.5. The van der Waals surface area contributed by atoms with Gasteiger partial charge in [-0.05, 0) is 42.8 Å². The average Bonchev–Trinajstić information content (AvgIpc) is 2.60. The smallest absolute Gasteiger partial charge is 0.245 e. The van der Waals surface area contributed by atoms with E-state index in [-0.39, 0.29) is 22.2 Å². The zero-order valence-electron chi connectivity index (χ0n) is 14.1. The molecule has 0 saturated heterocycles. The Hall–Kier alpha value is -1.80. The highest BCUT2D eigenvalue weighted by molar-refractivity contribution is 7.89. The second-order valence-corrected chi connectivity index (χ2v) is 8.04. The average molecular weight is 417 g/mol. The van der Waals surface area contributed by atoms with Gasteiger partial charge < -0.3 is 10.1 Å². The third-order valence-electron chi connectivity index (χ3n) is 3.52. The summed E-state index contributed by atoms with van der Waals surface area (Å²) in [7, 11) is -2.64. The molecule has 0 spiro atoms. The molecule has 0 aliphatic carbocycles. The lowest BCUT2D eigenvalue weighted by atomic mass is 10.2. The van der Waals surface area contributed by atoms with E-state index >= 15 is 0 Å². The Morgan fingerprint density at radius 3 is 2.35 bits per heavy atom. The van der Waals surface area contributed by atoms with Crippen molar-refractivity contribution in [3.63, 3.8) is 0 Å². The fourth-order valence-electron chi connectivity index (χ4n) is 2.15. The first kappa shape index (κ1) is 20.5. The van der Waals surface area contributed by atoms with Crippen molar-refractivity contribution in [3.05, 3.63) is 58.1 Å². The Bertz CT molecular complexity index is 886. The van der Waals surface area contributed by atoms with Crippen molar-refractivity contribution in [1.82, 2.24) is 10.0 Å². The third-order valence-corrected chi connectivity index (χ3v) is 5.57. The molecule has 0 bridgehead atoms. The van der Waals surface area contributed by atoms with Gasteiger partial charge in [0.1, 0.15) is 10.6 Å². The number of rotatable bonds is 7. The van der Waals surface area contributed by atoms with Gasteiger partial charge in [0.15, 0.2) is 0 Å². The summed E-state index contributed by atoms with van der Waals surface area (Å²) in [6.45, 7) is 1.70. The van der Waals surface area contributed by atoms with Crippen molar-refractivity contribution in [2.45, 2.75) is 24.4 Å². The minimum Gasteiger partial charge on any atom is -0.495 e. The number of hydrogen-bond acceptors (Lipinski definition) is 4. The van der Waals surface area contributed by atoms with E-state index in [9.17, 15) is 13.2 Å². The lowest BCUT2D eigenvalue weighted by Crippen LogP contribution is -2.44. The lowest BCUT2D eigenvalue weighted by molar-refractivity contribution is -0.122. The minimum absolute atomic E-state index is 0.134. The fraction of sp³-hybridized carbons (Fsp3) is 0.235. The summed E-state index contributed by atoms with van der Waals surface area (Å²) in [4.78, 5) is 12.1. The predicted octanol–water partition coefficient (Wildman–Crippen LogP) is 2.99. The Kier molecular flexibility index (Phi) is 6.88. The van der Waals surface area contributed by atoms with Crippen LogP contribution in [0.15, 0.2) is 47.4 Å². The normalized spacial score (nSPS) is 12.5. The van der Waals surface area contributed by atoms with Crippen molar-refractivity contribution in [1.29, 1.82) is 0 Å². The number of hydrogen-bond donors (Lipinski definition) is 2. The molecule has 2 N–H and O–H groups in total. The number of halogens is 2. The molecule has 0 radical (unpaired) electrons. The number of nitrogens with one attached hydrogen (secondary N) is 2. The molecule has 2 aromatic rings. The molecule has 140 valence electrons. The van der Waals surface area contributed by atoms with Crippen LogP contribution in [-0.2, 0) is 21.4 Å². The Morgan fingerprint density at radius 1 is 1.12 bits per heavy atom. The molecule has 9 heteroatoms. The van der Waals surface area contributed by atoms with Crippen LogP contribution < -0.4 is 14.8 Å². The van der Waals surface area contributed by atoms with Gasteiger partial charge in [0, 0.05) is 16.6 Å². The summed E-state index contributed by atoms with van der Waals surface area (Å²) in [5.74, 6) is -0.333. The molecular formula is C17H18Cl2N2O4S. The number of amides is 1. The summed E-state index contributed by atoms with van der Waals surface area (Å²) < 4.78 is 32.5. The minimum atomic E-state index is -4.00. The number of methoxy groups -OCH3 is 1. The molecule has 1 amide bonds. The largest absolute Gasteiger partial charge is 0.495 e. The van der Waals surface area contributed by atoms with Crippen molar-refractivity contribution >= 4 is 39.1 Å². The van der Waals surface area contributed by atoms with Crippen molar-refractivity contribution in [2.75, 3.05) is 7.11 Å². The first-order valence-corrected chi connectivity index (χ1v) is 9.85. The van der Waals surface area contributed by atoms with Gasteiger partial charge in [0.2, 0.25) is 15.9 Å². The Morgan fingerprint density at radius 2 is 1.73 bits per heavy atom. The SMILES string of the molecule is COc1ccc(Cl)cc1S(=O)(=O)N[C@@H](C)C(=O)NCc1ccc(Cl)cc1. The highest BCUT2D eigenvalue weighted by Gasteiger charge is 2.25. The molecular weight excluding hydrogens is 399 g/mol. The highest BCUT2D eigenvalue weighted by Crippen LogP contribution is 2.27. The van der Waals surface area contributed by atoms with Gasteiger partial charge in [0.25, 0.3) is 0 Å². The summed E-state index contributed by atoms with van der Waals surface area (Å²) >= 11 is 11.7. The van der Waals surface area contributed by atoms with E-state index in [1.807, 2.05) is 0 Å². The van der Waals surface area contributed by atoms with Crippen LogP contribution in [-0.4, -0.2) is 27.5 Å². The van der Waals surface area contributed by atoms with Crippen LogP contribution in [0.1, 0.15) is 12.5 Å². The van der Waals surface area contributed by atoms with Crippen molar-refractivity contribution < 1.29 is 17.9 Å². The summed E-state index contributed by atoms with van der Waals surface area (Å²) in [5, 5.41) is 3.50. The van der Waals surface area contributed by atoms with Crippen molar-refractivity contribution in [3.8, 4) is 5.75 Å². The maximum absolute atomic E-state index is 12.5. The first-order chi connectivity index (χ1) is 12.2. The van der Waals surface area contributed by atoms with E-state index in [2.05, 4.69) is 10.0 Å². The molecule has 26 heavy (non-hydrogen) atoms. The van der Waals surface area contributed by atoms with Crippen LogP contribution in [0.4, 0.5) is 0 Å². The van der Waals surface area contributed by atoms with Gasteiger partial charge >= 0.3 is 0 Å². The number of carbonyl (C=O) groups is 1. The standard InChI is InChI=1S/C17H18Cl2N2O4S/c1-11(17(22)20-10-12-3-5-13(18)6-4-12)21-26(23,24)16-9-14(19)7-8-15(16)25-2/h3-9,11,21H,10H2,1-2H3,(H,20,22)/t11-/m0/s1. The zero-order chi connectivity index (χ0) is 19.3. The van der Waals surface area contributed by atoms with E-state index in [1.54, 1.807) is 24.3 Å². The molecule has 2 aromatic carbocycles. The van der Waals surface area contributed by atoms with E-state index in [0.29, 0.717) is 5.02 Å². The third kappa shape index (κ3) is 5.35. The second-order valence-electron chi connectivity index (χ2n) is 5.48. The molecule has 2 rings (SSSR count). The molecule has 0 aliphatic heterocycles. The van der Waals surface area contributed by atoms with Crippen LogP contribution >= 0.6 is 23.2 Å². The molecule has 0 aliphatic rings. The predicted molar refractivity (Wildman–Crippen MR) is 101 cm³/mol. The second kappa shape index (κ2) is 8.73. The van der Waals surface area contributed by atoms with Gasteiger partial charge in [0.05, 0.1) is 13.2 Å². The van der Waals surface area contributed by atoms with Crippen LogP contribution in [0, 0.1) is 0 Å². The molecule has 0 saturated carbocycles. The quantitative estimate of drug-likeness (QED) is 0.726. The molecule has 0 aromatic heterocycles. The zero-order valence-corrected chi connectivity index (χ0v) is 16.5. The number of ether oxygens (including phenoxy) is 1. The molecule has 0 fully saturated rings. The van der Waals surface area contributed by atoms with Crippen LogP contribution in [0.5, 0.6) is 5.75 Å². The number of benzene rings is 2. The molecule has 1 atom stereocenters. The summed E-state index contributed by atoms with van der Waals surface area (Å²) in [5.41, 5.74) is 0.842. The van der Waals surface area contributed by atoms with E-state index in [4.69, 9.17) is 27.9 Å². The molecule has 6 nitrogen and oxygen atoms in total. The van der Waals surface area contributed by atoms with Crippen LogP contribution in [0.3, 0.4) is 0 Å². The number of sulfonamides is 1. The monoisotopic (exact) mass is 416 g/mol. The topological polar surface area (TPSA) is 84.5 Å². The number of carbonyl (C=O) groups excluding carboxylic acids is 1. The Balaban J connectivity index is 2.05. The van der Waals surface area contributed by atoms with Crippen molar-refractivity contribution in [2.24, 2.45) is 0 Å². The highest BCUT2D eigenvalue weighted by atomic mass is 35.5. The van der Waals surface area contributed by atoms with Gasteiger partial charge in [-0.2, -0.15) is 4.72 Å². The van der Waals surface area contributed by atoms with E-state index < -0.39 is 22.0 Å². The molecule has 0 heterocycles.